The highest BCUT2D eigenvalue weighted by Crippen LogP contribution is 2.29. The monoisotopic (exact) mass is 367 g/mol. The number of hydrogen-bond acceptors (Lipinski definition) is 6. The minimum atomic E-state index is -1.21. The minimum absolute atomic E-state index is 0.169. The third-order valence-corrected chi connectivity index (χ3v) is 4.30. The van der Waals surface area contributed by atoms with Gasteiger partial charge in [-0.1, -0.05) is 41.6 Å². The summed E-state index contributed by atoms with van der Waals surface area (Å²) in [4.78, 5) is 34.3. The van der Waals surface area contributed by atoms with E-state index in [-0.39, 0.29) is 18.9 Å². The molecule has 1 N–H and O–H groups in total. The van der Waals surface area contributed by atoms with Crippen molar-refractivity contribution in [2.75, 3.05) is 13.7 Å². The summed E-state index contributed by atoms with van der Waals surface area (Å²) in [5.74, 6) is -0.795. The molecule has 3 rings (SSSR count). The van der Waals surface area contributed by atoms with E-state index in [9.17, 15) is 9.59 Å². The van der Waals surface area contributed by atoms with Gasteiger partial charge in [0.2, 0.25) is 5.60 Å². The molecule has 0 bridgehead atoms. The standard InChI is InChI=1S/C20H21N3O4/c1-14-7-6-10-17(22-14)18(24)21-13-16-12-20(27-23-16,19(25)26-2)11-15-8-4-3-5-9-15/h3-10H,11-13H2,1-2H3,(H,21,24). The van der Waals surface area contributed by atoms with Gasteiger partial charge >= 0.3 is 5.97 Å². The van der Waals surface area contributed by atoms with Crippen molar-refractivity contribution in [2.24, 2.45) is 5.16 Å². The summed E-state index contributed by atoms with van der Waals surface area (Å²) in [6, 6.07) is 14.8. The van der Waals surface area contributed by atoms with Crippen molar-refractivity contribution >= 4 is 17.6 Å². The minimum Gasteiger partial charge on any atom is -0.466 e. The van der Waals surface area contributed by atoms with Crippen LogP contribution in [0.2, 0.25) is 0 Å². The zero-order valence-corrected chi connectivity index (χ0v) is 15.3. The van der Waals surface area contributed by atoms with Gasteiger partial charge in [0.15, 0.2) is 0 Å². The Labute approximate surface area is 157 Å². The highest BCUT2D eigenvalue weighted by molar-refractivity contribution is 5.99. The van der Waals surface area contributed by atoms with Crippen LogP contribution in [-0.4, -0.2) is 41.8 Å². The van der Waals surface area contributed by atoms with E-state index in [0.29, 0.717) is 17.8 Å². The maximum Gasteiger partial charge on any atom is 0.353 e. The van der Waals surface area contributed by atoms with Crippen molar-refractivity contribution in [3.05, 3.63) is 65.5 Å². The molecule has 1 aliphatic heterocycles. The van der Waals surface area contributed by atoms with Gasteiger partial charge in [0.05, 0.1) is 19.4 Å². The summed E-state index contributed by atoms with van der Waals surface area (Å²) >= 11 is 0. The molecule has 1 aromatic heterocycles. The Morgan fingerprint density at radius 1 is 1.19 bits per heavy atom. The molecular weight excluding hydrogens is 346 g/mol. The van der Waals surface area contributed by atoms with Crippen LogP contribution in [-0.2, 0) is 20.8 Å². The Kier molecular flexibility index (Phi) is 5.49. The van der Waals surface area contributed by atoms with Gasteiger partial charge < -0.3 is 14.9 Å². The molecule has 1 atom stereocenters. The van der Waals surface area contributed by atoms with E-state index >= 15 is 0 Å². The summed E-state index contributed by atoms with van der Waals surface area (Å²) in [7, 11) is 1.32. The van der Waals surface area contributed by atoms with Crippen molar-refractivity contribution in [3.8, 4) is 0 Å². The fourth-order valence-electron chi connectivity index (χ4n) is 2.97. The van der Waals surface area contributed by atoms with Gasteiger partial charge in [-0.25, -0.2) is 9.78 Å². The number of hydrogen-bond donors (Lipinski definition) is 1. The molecule has 140 valence electrons. The van der Waals surface area contributed by atoms with Gasteiger partial charge in [-0.2, -0.15) is 0 Å². The third-order valence-electron chi connectivity index (χ3n) is 4.30. The van der Waals surface area contributed by atoms with Crippen molar-refractivity contribution in [1.82, 2.24) is 10.3 Å². The Morgan fingerprint density at radius 2 is 1.96 bits per heavy atom. The second-order valence-corrected chi connectivity index (χ2v) is 6.42. The fourth-order valence-corrected chi connectivity index (χ4v) is 2.97. The van der Waals surface area contributed by atoms with Crippen LogP contribution >= 0.6 is 0 Å². The predicted molar refractivity (Wildman–Crippen MR) is 99.3 cm³/mol. The third kappa shape index (κ3) is 4.31. The molecule has 7 heteroatoms. The molecule has 1 aromatic carbocycles. The highest BCUT2D eigenvalue weighted by atomic mass is 16.7. The molecule has 1 amide bonds. The molecule has 27 heavy (non-hydrogen) atoms. The zero-order chi connectivity index (χ0) is 19.3. The first-order valence-corrected chi connectivity index (χ1v) is 8.60. The van der Waals surface area contributed by atoms with Gasteiger partial charge in [0.1, 0.15) is 5.69 Å². The van der Waals surface area contributed by atoms with E-state index in [4.69, 9.17) is 9.57 Å². The lowest BCUT2D eigenvalue weighted by atomic mass is 9.89. The molecule has 0 saturated carbocycles. The number of benzene rings is 1. The van der Waals surface area contributed by atoms with Crippen LogP contribution < -0.4 is 5.32 Å². The smallest absolute Gasteiger partial charge is 0.353 e. The van der Waals surface area contributed by atoms with Crippen LogP contribution in [0.15, 0.2) is 53.7 Å². The average molecular weight is 367 g/mol. The van der Waals surface area contributed by atoms with Crippen LogP contribution in [0, 0.1) is 6.92 Å². The topological polar surface area (TPSA) is 89.9 Å². The summed E-state index contributed by atoms with van der Waals surface area (Å²) in [6.45, 7) is 1.99. The first-order chi connectivity index (χ1) is 13.0. The van der Waals surface area contributed by atoms with Crippen molar-refractivity contribution in [2.45, 2.75) is 25.4 Å². The van der Waals surface area contributed by atoms with Crippen LogP contribution in [0.4, 0.5) is 0 Å². The molecule has 2 aromatic rings. The number of carbonyl (C=O) groups excluding carboxylic acids is 2. The highest BCUT2D eigenvalue weighted by Gasteiger charge is 2.47. The normalized spacial score (nSPS) is 18.4. The SMILES string of the molecule is COC(=O)C1(Cc2ccccc2)CC(CNC(=O)c2cccc(C)n2)=NO1. The summed E-state index contributed by atoms with van der Waals surface area (Å²) in [5, 5.41) is 6.78. The number of aryl methyl sites for hydroxylation is 1. The molecular formula is C20H21N3O4. The number of ether oxygens (including phenoxy) is 1. The Morgan fingerprint density at radius 3 is 2.67 bits per heavy atom. The Hall–Kier alpha value is -3.22. The molecule has 1 unspecified atom stereocenters. The predicted octanol–water partition coefficient (Wildman–Crippen LogP) is 2.05. The number of methoxy groups -OCH3 is 1. The molecule has 1 aliphatic rings. The maximum absolute atomic E-state index is 12.4. The van der Waals surface area contributed by atoms with Crippen LogP contribution in [0.3, 0.4) is 0 Å². The number of nitrogens with one attached hydrogen (secondary N) is 1. The number of esters is 1. The largest absolute Gasteiger partial charge is 0.466 e. The van der Waals surface area contributed by atoms with Gasteiger partial charge in [0, 0.05) is 18.5 Å². The van der Waals surface area contributed by atoms with Crippen LogP contribution in [0.5, 0.6) is 0 Å². The number of pyridine rings is 1. The summed E-state index contributed by atoms with van der Waals surface area (Å²) < 4.78 is 4.93. The van der Waals surface area contributed by atoms with E-state index in [1.54, 1.807) is 12.1 Å². The summed E-state index contributed by atoms with van der Waals surface area (Å²) in [6.07, 6.45) is 0.580. The maximum atomic E-state index is 12.4. The lowest BCUT2D eigenvalue weighted by Gasteiger charge is -2.23. The van der Waals surface area contributed by atoms with Gasteiger partial charge in [-0.15, -0.1) is 0 Å². The van der Waals surface area contributed by atoms with E-state index in [1.165, 1.54) is 7.11 Å². The molecule has 7 nitrogen and oxygen atoms in total. The average Bonchev–Trinajstić information content (AvgIpc) is 3.10. The molecule has 0 spiro atoms. The molecule has 0 radical (unpaired) electrons. The first-order valence-electron chi connectivity index (χ1n) is 8.60. The Balaban J connectivity index is 1.65. The van der Waals surface area contributed by atoms with Gasteiger partial charge in [-0.05, 0) is 24.6 Å². The first kappa shape index (κ1) is 18.6. The molecule has 2 heterocycles. The lowest BCUT2D eigenvalue weighted by molar-refractivity contribution is -0.166. The number of oxime groups is 1. The molecule has 0 aliphatic carbocycles. The quantitative estimate of drug-likeness (QED) is 0.789. The Bertz CT molecular complexity index is 867. The number of amides is 1. The van der Waals surface area contributed by atoms with E-state index < -0.39 is 11.6 Å². The second-order valence-electron chi connectivity index (χ2n) is 6.42. The zero-order valence-electron chi connectivity index (χ0n) is 15.3. The van der Waals surface area contributed by atoms with Gasteiger partial charge in [0.25, 0.3) is 5.91 Å². The number of aromatic nitrogens is 1. The van der Waals surface area contributed by atoms with E-state index in [1.807, 2.05) is 43.3 Å². The van der Waals surface area contributed by atoms with E-state index in [2.05, 4.69) is 15.5 Å². The van der Waals surface area contributed by atoms with Crippen molar-refractivity contribution in [1.29, 1.82) is 0 Å². The van der Waals surface area contributed by atoms with Crippen LogP contribution in [0.1, 0.15) is 28.2 Å². The lowest BCUT2D eigenvalue weighted by Crippen LogP contribution is -2.43. The molecule has 0 saturated heterocycles. The van der Waals surface area contributed by atoms with Gasteiger partial charge in [-0.3, -0.25) is 4.79 Å². The number of carbonyl (C=O) groups is 2. The molecule has 0 fully saturated rings. The second kappa shape index (κ2) is 7.99. The van der Waals surface area contributed by atoms with Crippen molar-refractivity contribution < 1.29 is 19.2 Å². The van der Waals surface area contributed by atoms with Crippen LogP contribution in [0.25, 0.3) is 0 Å². The van der Waals surface area contributed by atoms with E-state index in [0.717, 1.165) is 11.3 Å². The van der Waals surface area contributed by atoms with Crippen molar-refractivity contribution in [3.63, 3.8) is 0 Å². The number of rotatable bonds is 6. The number of nitrogens with zero attached hydrogens (tertiary/aromatic N) is 2. The fraction of sp³-hybridized carbons (Fsp3) is 0.300. The summed E-state index contributed by atoms with van der Waals surface area (Å²) in [5.41, 5.74) is 1.39.